The second-order valence-corrected chi connectivity index (χ2v) is 12.7. The molecule has 2 fully saturated rings. The first-order valence-corrected chi connectivity index (χ1v) is 16.1. The molecule has 2 aromatic carbocycles. The van der Waals surface area contributed by atoms with Gasteiger partial charge in [0.15, 0.2) is 5.11 Å². The van der Waals surface area contributed by atoms with Crippen molar-refractivity contribution in [3.05, 3.63) is 76.3 Å². The minimum absolute atomic E-state index is 0.0513. The highest BCUT2D eigenvalue weighted by Crippen LogP contribution is 2.39. The lowest BCUT2D eigenvalue weighted by Crippen LogP contribution is -2.43. The lowest BCUT2D eigenvalue weighted by Gasteiger charge is -2.38. The maximum atomic E-state index is 6.22. The van der Waals surface area contributed by atoms with Crippen LogP contribution in [0, 0.1) is 0 Å². The minimum atomic E-state index is 0.0513. The standard InChI is InChI=1S/C33H41ClN6S/c34-28-14-12-27(13-15-28)33(17-6-3-7-18-33)24-35-32(41)38-31-36-29(39-19-8-1-2-9-20-39)22-30(37-31)40-21-16-25-10-4-5-11-26(25)23-40/h4-5,10-15,22H,1-3,6-9,16-21,23-24H2,(H2,35,36,37,38,41). The molecule has 216 valence electrons. The first-order valence-electron chi connectivity index (χ1n) is 15.3. The van der Waals surface area contributed by atoms with Crippen molar-refractivity contribution in [1.29, 1.82) is 0 Å². The predicted octanol–water partition coefficient (Wildman–Crippen LogP) is 7.26. The number of benzene rings is 2. The number of rotatable bonds is 6. The zero-order valence-electron chi connectivity index (χ0n) is 23.9. The molecule has 2 N–H and O–H groups in total. The van der Waals surface area contributed by atoms with Gasteiger partial charge in [-0.25, -0.2) is 0 Å². The van der Waals surface area contributed by atoms with Gasteiger partial charge >= 0.3 is 0 Å². The third-order valence-electron chi connectivity index (χ3n) is 9.16. The van der Waals surface area contributed by atoms with Crippen LogP contribution in [0.25, 0.3) is 0 Å². The third kappa shape index (κ3) is 6.78. The van der Waals surface area contributed by atoms with Gasteiger partial charge in [0.25, 0.3) is 0 Å². The van der Waals surface area contributed by atoms with Crippen LogP contribution < -0.4 is 20.4 Å². The van der Waals surface area contributed by atoms with Gasteiger partial charge in [0, 0.05) is 49.2 Å². The fourth-order valence-electron chi connectivity index (χ4n) is 6.79. The highest BCUT2D eigenvalue weighted by atomic mass is 35.5. The summed E-state index contributed by atoms with van der Waals surface area (Å²) in [7, 11) is 0. The lowest BCUT2D eigenvalue weighted by atomic mass is 9.69. The quantitative estimate of drug-likeness (QED) is 0.294. The van der Waals surface area contributed by atoms with Gasteiger partial charge in [0.05, 0.1) is 0 Å². The van der Waals surface area contributed by atoms with Gasteiger partial charge in [-0.3, -0.25) is 0 Å². The molecular weight excluding hydrogens is 548 g/mol. The molecular formula is C33H41ClN6S. The molecule has 3 aliphatic rings. The predicted molar refractivity (Wildman–Crippen MR) is 174 cm³/mol. The molecule has 6 rings (SSSR count). The van der Waals surface area contributed by atoms with Crippen LogP contribution in [0.2, 0.25) is 5.02 Å². The molecule has 1 saturated heterocycles. The first kappa shape index (κ1) is 28.2. The molecule has 3 heterocycles. The third-order valence-corrected chi connectivity index (χ3v) is 9.66. The van der Waals surface area contributed by atoms with Crippen LogP contribution in [0.15, 0.2) is 54.6 Å². The minimum Gasteiger partial charge on any atom is -0.361 e. The van der Waals surface area contributed by atoms with E-state index < -0.39 is 0 Å². The van der Waals surface area contributed by atoms with Crippen LogP contribution in [0.1, 0.15) is 74.5 Å². The smallest absolute Gasteiger partial charge is 0.232 e. The van der Waals surface area contributed by atoms with Gasteiger partial charge in [-0.2, -0.15) is 9.97 Å². The van der Waals surface area contributed by atoms with Gasteiger partial charge in [0.1, 0.15) is 11.6 Å². The number of anilines is 3. The van der Waals surface area contributed by atoms with Crippen molar-refractivity contribution in [2.75, 3.05) is 41.3 Å². The summed E-state index contributed by atoms with van der Waals surface area (Å²) in [5, 5.41) is 8.29. The van der Waals surface area contributed by atoms with E-state index in [-0.39, 0.29) is 5.41 Å². The van der Waals surface area contributed by atoms with Crippen molar-refractivity contribution >= 4 is 46.5 Å². The van der Waals surface area contributed by atoms with Crippen molar-refractivity contribution in [2.45, 2.75) is 76.2 Å². The van der Waals surface area contributed by atoms with E-state index in [0.717, 1.165) is 68.6 Å². The molecule has 1 aromatic heterocycles. The van der Waals surface area contributed by atoms with E-state index in [0.29, 0.717) is 11.1 Å². The maximum Gasteiger partial charge on any atom is 0.232 e. The average Bonchev–Trinajstić information content (AvgIpc) is 3.30. The highest BCUT2D eigenvalue weighted by Gasteiger charge is 2.34. The van der Waals surface area contributed by atoms with E-state index in [2.05, 4.69) is 62.9 Å². The Morgan fingerprint density at radius 2 is 1.46 bits per heavy atom. The summed E-state index contributed by atoms with van der Waals surface area (Å²) in [4.78, 5) is 14.8. The lowest BCUT2D eigenvalue weighted by molar-refractivity contribution is 0.292. The Labute approximate surface area is 254 Å². The monoisotopic (exact) mass is 588 g/mol. The normalized spacial score (nSPS) is 18.8. The second kappa shape index (κ2) is 13.0. The number of halogens is 1. The summed E-state index contributed by atoms with van der Waals surface area (Å²) in [6.45, 7) is 4.65. The van der Waals surface area contributed by atoms with Crippen molar-refractivity contribution in [1.82, 2.24) is 15.3 Å². The number of aromatic nitrogens is 2. The van der Waals surface area contributed by atoms with Crippen molar-refractivity contribution in [2.24, 2.45) is 0 Å². The molecule has 0 spiro atoms. The van der Waals surface area contributed by atoms with E-state index in [4.69, 9.17) is 33.8 Å². The second-order valence-electron chi connectivity index (χ2n) is 11.9. The number of hydrogen-bond acceptors (Lipinski definition) is 5. The van der Waals surface area contributed by atoms with Crippen LogP contribution in [0.4, 0.5) is 17.6 Å². The Morgan fingerprint density at radius 1 is 0.805 bits per heavy atom. The van der Waals surface area contributed by atoms with E-state index in [1.165, 1.54) is 61.6 Å². The van der Waals surface area contributed by atoms with E-state index in [9.17, 15) is 0 Å². The average molecular weight is 589 g/mol. The first-order chi connectivity index (χ1) is 20.1. The van der Waals surface area contributed by atoms with E-state index >= 15 is 0 Å². The molecule has 0 bridgehead atoms. The van der Waals surface area contributed by atoms with E-state index in [1.54, 1.807) is 0 Å². The molecule has 6 nitrogen and oxygen atoms in total. The summed E-state index contributed by atoms with van der Waals surface area (Å²) in [5.74, 6) is 2.53. The summed E-state index contributed by atoms with van der Waals surface area (Å²) < 4.78 is 0. The van der Waals surface area contributed by atoms with Gasteiger partial charge in [-0.1, -0.05) is 80.1 Å². The molecule has 0 amide bonds. The summed E-state index contributed by atoms with van der Waals surface area (Å²) >= 11 is 12.1. The van der Waals surface area contributed by atoms with E-state index in [1.807, 2.05) is 12.1 Å². The van der Waals surface area contributed by atoms with Crippen LogP contribution in [-0.2, 0) is 18.4 Å². The van der Waals surface area contributed by atoms with Gasteiger partial charge < -0.3 is 20.4 Å². The van der Waals surface area contributed by atoms with Crippen LogP contribution >= 0.6 is 23.8 Å². The Balaban J connectivity index is 1.21. The number of nitrogens with one attached hydrogen (secondary N) is 2. The van der Waals surface area contributed by atoms with Crippen LogP contribution in [0.5, 0.6) is 0 Å². The molecule has 8 heteroatoms. The molecule has 41 heavy (non-hydrogen) atoms. The largest absolute Gasteiger partial charge is 0.361 e. The van der Waals surface area contributed by atoms with Crippen molar-refractivity contribution in [3.8, 4) is 0 Å². The molecule has 1 saturated carbocycles. The molecule has 0 radical (unpaired) electrons. The summed E-state index contributed by atoms with van der Waals surface area (Å²) in [5.41, 5.74) is 4.20. The zero-order valence-corrected chi connectivity index (χ0v) is 25.5. The fraction of sp³-hybridized carbons (Fsp3) is 0.485. The number of hydrogen-bond donors (Lipinski definition) is 2. The Kier molecular flexibility index (Phi) is 8.92. The number of fused-ring (bicyclic) bond motifs is 1. The van der Waals surface area contributed by atoms with Gasteiger partial charge in [0.2, 0.25) is 5.95 Å². The maximum absolute atomic E-state index is 6.22. The summed E-state index contributed by atoms with van der Waals surface area (Å²) in [6, 6.07) is 19.3. The fourth-order valence-corrected chi connectivity index (χ4v) is 7.08. The SMILES string of the molecule is S=C(NCC1(c2ccc(Cl)cc2)CCCCC1)Nc1nc(N2CCCCCC2)cc(N2CCc3ccccc3C2)n1. The number of thiocarbonyl (C=S) groups is 1. The van der Waals surface area contributed by atoms with Crippen molar-refractivity contribution < 1.29 is 0 Å². The van der Waals surface area contributed by atoms with Crippen LogP contribution in [0.3, 0.4) is 0 Å². The molecule has 0 atom stereocenters. The molecule has 0 unspecified atom stereocenters. The van der Waals surface area contributed by atoms with Gasteiger partial charge in [-0.05, 0) is 73.1 Å². The van der Waals surface area contributed by atoms with Gasteiger partial charge in [-0.15, -0.1) is 0 Å². The Morgan fingerprint density at radius 3 is 2.20 bits per heavy atom. The molecule has 2 aliphatic heterocycles. The molecule has 1 aliphatic carbocycles. The van der Waals surface area contributed by atoms with Crippen molar-refractivity contribution in [3.63, 3.8) is 0 Å². The number of nitrogens with zero attached hydrogens (tertiary/aromatic N) is 4. The Bertz CT molecular complexity index is 1330. The Hall–Kier alpha value is -2.90. The highest BCUT2D eigenvalue weighted by molar-refractivity contribution is 7.80. The molecule has 3 aromatic rings. The summed E-state index contributed by atoms with van der Waals surface area (Å²) in [6.07, 6.45) is 12.0. The van der Waals surface area contributed by atoms with Crippen LogP contribution in [-0.4, -0.2) is 41.3 Å². The zero-order chi connectivity index (χ0) is 28.1. The topological polar surface area (TPSA) is 56.3 Å².